The van der Waals surface area contributed by atoms with Crippen LogP contribution in [0.3, 0.4) is 0 Å². The second kappa shape index (κ2) is 8.13. The van der Waals surface area contributed by atoms with E-state index in [0.717, 1.165) is 41.6 Å². The summed E-state index contributed by atoms with van der Waals surface area (Å²) in [6.45, 7) is -0.122. The summed E-state index contributed by atoms with van der Waals surface area (Å²) in [6.07, 6.45) is 7.06. The van der Waals surface area contributed by atoms with Crippen molar-refractivity contribution in [1.82, 2.24) is 24.3 Å². The number of rotatable bonds is 4. The van der Waals surface area contributed by atoms with Crippen molar-refractivity contribution < 1.29 is 9.53 Å². The van der Waals surface area contributed by atoms with Crippen LogP contribution < -0.4 is 5.56 Å². The van der Waals surface area contributed by atoms with Gasteiger partial charge in [0.05, 0.1) is 15.9 Å². The van der Waals surface area contributed by atoms with E-state index in [1.54, 1.807) is 15.7 Å². The number of hydrogen-bond acceptors (Lipinski definition) is 9. The van der Waals surface area contributed by atoms with Gasteiger partial charge in [0.1, 0.15) is 17.3 Å². The Hall–Kier alpha value is -3.50. The second-order valence-corrected chi connectivity index (χ2v) is 9.79. The van der Waals surface area contributed by atoms with Gasteiger partial charge in [-0.25, -0.2) is 24.7 Å². The standard InChI is InChI=1S/C23H17N5O3S2/c29-18-11-13(26-23-28(18)15-6-2-4-8-17(15)33-23)12-31-22(30)20-19(24-9-10-25-20)21-27-14-5-1-3-7-16(14)32-21/h1,3,5,7,9-11H,2,4,6,8,12H2. The molecule has 0 N–H and O–H groups in total. The summed E-state index contributed by atoms with van der Waals surface area (Å²) in [6, 6.07) is 9.16. The lowest BCUT2D eigenvalue weighted by molar-refractivity contribution is 0.0461. The van der Waals surface area contributed by atoms with Crippen molar-refractivity contribution in [2.45, 2.75) is 32.3 Å². The second-order valence-electron chi connectivity index (χ2n) is 7.70. The van der Waals surface area contributed by atoms with Gasteiger partial charge in [-0.1, -0.05) is 12.1 Å². The van der Waals surface area contributed by atoms with E-state index in [0.29, 0.717) is 21.4 Å². The Kier molecular flexibility index (Phi) is 4.96. The summed E-state index contributed by atoms with van der Waals surface area (Å²) in [5, 5.41) is 0.596. The molecule has 4 heterocycles. The molecule has 0 unspecified atom stereocenters. The predicted octanol–water partition coefficient (Wildman–Crippen LogP) is 4.06. The number of aryl methyl sites for hydroxylation is 2. The van der Waals surface area contributed by atoms with E-state index >= 15 is 0 Å². The highest BCUT2D eigenvalue weighted by atomic mass is 32.1. The molecular formula is C23H17N5O3S2. The van der Waals surface area contributed by atoms with Crippen LogP contribution >= 0.6 is 22.7 Å². The Morgan fingerprint density at radius 3 is 2.82 bits per heavy atom. The molecular weight excluding hydrogens is 458 g/mol. The summed E-state index contributed by atoms with van der Waals surface area (Å²) >= 11 is 2.98. The van der Waals surface area contributed by atoms with Gasteiger partial charge in [0, 0.05) is 29.0 Å². The molecule has 8 nitrogen and oxygen atoms in total. The van der Waals surface area contributed by atoms with Gasteiger partial charge in [-0.05, 0) is 37.8 Å². The Morgan fingerprint density at radius 2 is 1.91 bits per heavy atom. The zero-order valence-electron chi connectivity index (χ0n) is 17.4. The number of hydrogen-bond donors (Lipinski definition) is 0. The van der Waals surface area contributed by atoms with Crippen LogP contribution in [0.25, 0.3) is 25.9 Å². The number of para-hydroxylation sites is 1. The number of thiazole rings is 2. The SMILES string of the molecule is O=C(OCc1cc(=O)n2c3c(sc2n1)CCCC3)c1nccnc1-c1nc2ccccc2s1. The van der Waals surface area contributed by atoms with Crippen LogP contribution in [0.1, 0.15) is 39.6 Å². The fraction of sp³-hybridized carbons (Fsp3) is 0.217. The van der Waals surface area contributed by atoms with Crippen molar-refractivity contribution in [3.8, 4) is 10.7 Å². The molecule has 4 aromatic heterocycles. The Balaban J connectivity index is 1.27. The monoisotopic (exact) mass is 475 g/mol. The molecule has 0 saturated carbocycles. The summed E-state index contributed by atoms with van der Waals surface area (Å²) < 4.78 is 8.17. The van der Waals surface area contributed by atoms with Crippen LogP contribution in [-0.2, 0) is 24.2 Å². The average Bonchev–Trinajstić information content (AvgIpc) is 3.44. The molecule has 33 heavy (non-hydrogen) atoms. The highest BCUT2D eigenvalue weighted by Gasteiger charge is 2.22. The first kappa shape index (κ1) is 20.1. The van der Waals surface area contributed by atoms with Gasteiger partial charge in [0.25, 0.3) is 5.56 Å². The molecule has 1 aliphatic carbocycles. The van der Waals surface area contributed by atoms with E-state index in [2.05, 4.69) is 19.9 Å². The summed E-state index contributed by atoms with van der Waals surface area (Å²) in [5.41, 5.74) is 2.64. The maximum Gasteiger partial charge on any atom is 0.359 e. The molecule has 0 amide bonds. The molecule has 5 aromatic rings. The zero-order valence-corrected chi connectivity index (χ0v) is 19.0. The lowest BCUT2D eigenvalue weighted by Crippen LogP contribution is -2.19. The summed E-state index contributed by atoms with van der Waals surface area (Å²) in [4.78, 5) is 45.2. The van der Waals surface area contributed by atoms with Gasteiger partial charge >= 0.3 is 5.97 Å². The van der Waals surface area contributed by atoms with Gasteiger partial charge in [-0.15, -0.1) is 22.7 Å². The highest BCUT2D eigenvalue weighted by molar-refractivity contribution is 7.21. The zero-order chi connectivity index (χ0) is 22.4. The van der Waals surface area contributed by atoms with Gasteiger partial charge in [0.15, 0.2) is 10.7 Å². The average molecular weight is 476 g/mol. The van der Waals surface area contributed by atoms with E-state index in [9.17, 15) is 9.59 Å². The number of carbonyl (C=O) groups excluding carboxylic acids is 1. The Labute approximate surface area is 195 Å². The maximum absolute atomic E-state index is 12.9. The van der Waals surface area contributed by atoms with Crippen molar-refractivity contribution in [1.29, 1.82) is 0 Å². The molecule has 0 fully saturated rings. The molecule has 6 rings (SSSR count). The molecule has 0 atom stereocenters. The molecule has 0 aliphatic heterocycles. The number of nitrogens with zero attached hydrogens (tertiary/aromatic N) is 5. The number of aromatic nitrogens is 5. The van der Waals surface area contributed by atoms with Crippen molar-refractivity contribution in [3.05, 3.63) is 75.0 Å². The summed E-state index contributed by atoms with van der Waals surface area (Å²) in [5.74, 6) is -0.634. The quantitative estimate of drug-likeness (QED) is 0.362. The van der Waals surface area contributed by atoms with Gasteiger partial charge in [-0.3, -0.25) is 9.20 Å². The molecule has 164 valence electrons. The Bertz CT molecular complexity index is 1550. The fourth-order valence-electron chi connectivity index (χ4n) is 4.04. The van der Waals surface area contributed by atoms with Crippen molar-refractivity contribution in [3.63, 3.8) is 0 Å². The van der Waals surface area contributed by atoms with Crippen LogP contribution in [0, 0.1) is 0 Å². The minimum atomic E-state index is -0.634. The van der Waals surface area contributed by atoms with Crippen molar-refractivity contribution in [2.75, 3.05) is 0 Å². The lowest BCUT2D eigenvalue weighted by atomic mass is 10.0. The minimum absolute atomic E-state index is 0.0842. The van der Waals surface area contributed by atoms with Crippen LogP contribution in [-0.4, -0.2) is 30.3 Å². The molecule has 10 heteroatoms. The van der Waals surface area contributed by atoms with E-state index in [4.69, 9.17) is 4.74 Å². The van der Waals surface area contributed by atoms with Gasteiger partial charge in [-0.2, -0.15) is 0 Å². The van der Waals surface area contributed by atoms with E-state index < -0.39 is 5.97 Å². The van der Waals surface area contributed by atoms with Crippen LogP contribution in [0.15, 0.2) is 47.5 Å². The maximum atomic E-state index is 12.9. The molecule has 0 bridgehead atoms. The molecule has 1 aromatic carbocycles. The highest BCUT2D eigenvalue weighted by Crippen LogP contribution is 2.31. The molecule has 0 saturated heterocycles. The third kappa shape index (κ3) is 3.61. The van der Waals surface area contributed by atoms with Crippen LogP contribution in [0.5, 0.6) is 0 Å². The summed E-state index contributed by atoms with van der Waals surface area (Å²) in [7, 11) is 0. The normalized spacial score (nSPS) is 13.3. The number of esters is 1. The number of ether oxygens (including phenoxy) is 1. The van der Waals surface area contributed by atoms with Crippen molar-refractivity contribution in [2.24, 2.45) is 0 Å². The lowest BCUT2D eigenvalue weighted by Gasteiger charge is -2.10. The predicted molar refractivity (Wildman–Crippen MR) is 126 cm³/mol. The Morgan fingerprint density at radius 1 is 1.06 bits per heavy atom. The molecule has 0 spiro atoms. The van der Waals surface area contributed by atoms with E-state index in [1.807, 2.05) is 24.3 Å². The van der Waals surface area contributed by atoms with Gasteiger partial charge in [0.2, 0.25) is 0 Å². The molecule has 0 radical (unpaired) electrons. The van der Waals surface area contributed by atoms with Gasteiger partial charge < -0.3 is 4.74 Å². The first-order valence-corrected chi connectivity index (χ1v) is 12.2. The van der Waals surface area contributed by atoms with E-state index in [1.165, 1.54) is 34.7 Å². The molecule has 1 aliphatic rings. The first-order chi connectivity index (χ1) is 16.2. The number of carbonyl (C=O) groups is 1. The van der Waals surface area contributed by atoms with Crippen LogP contribution in [0.4, 0.5) is 0 Å². The van der Waals surface area contributed by atoms with E-state index in [-0.39, 0.29) is 17.9 Å². The first-order valence-electron chi connectivity index (χ1n) is 10.5. The smallest absolute Gasteiger partial charge is 0.359 e. The van der Waals surface area contributed by atoms with Crippen molar-refractivity contribution >= 4 is 43.8 Å². The number of benzene rings is 1. The minimum Gasteiger partial charge on any atom is -0.454 e. The third-order valence-corrected chi connectivity index (χ3v) is 7.74. The fourth-order valence-corrected chi connectivity index (χ4v) is 6.24. The largest absolute Gasteiger partial charge is 0.454 e. The topological polar surface area (TPSA) is 99.3 Å². The third-order valence-electron chi connectivity index (χ3n) is 5.55. The number of fused-ring (bicyclic) bond motifs is 4. The van der Waals surface area contributed by atoms with Crippen LogP contribution in [0.2, 0.25) is 0 Å².